The molecule has 1 aromatic heterocycles. The third-order valence-corrected chi connectivity index (χ3v) is 9.89. The van der Waals surface area contributed by atoms with E-state index in [-0.39, 0.29) is 12.8 Å². The van der Waals surface area contributed by atoms with Crippen LogP contribution in [0.1, 0.15) is 72.0 Å². The van der Waals surface area contributed by atoms with Gasteiger partial charge in [0.05, 0.1) is 26.1 Å². The van der Waals surface area contributed by atoms with Crippen molar-refractivity contribution < 1.29 is 47.7 Å². The van der Waals surface area contributed by atoms with Crippen LogP contribution in [0.15, 0.2) is 34.2 Å². The number of hydrogen-bond acceptors (Lipinski definition) is 10. The number of fused-ring (bicyclic) bond motifs is 5. The Labute approximate surface area is 226 Å². The first-order chi connectivity index (χ1) is 18.1. The van der Waals surface area contributed by atoms with Gasteiger partial charge in [-0.25, -0.2) is 4.79 Å². The first-order valence-corrected chi connectivity index (χ1v) is 13.1. The van der Waals surface area contributed by atoms with Gasteiger partial charge in [0, 0.05) is 41.1 Å². The minimum Gasteiger partial charge on any atom is -0.472 e. The molecule has 0 aromatic carbocycles. The summed E-state index contributed by atoms with van der Waals surface area (Å²) in [5.41, 5.74) is -3.89. The van der Waals surface area contributed by atoms with Crippen LogP contribution in [-0.2, 0) is 38.2 Å². The fourth-order valence-electron chi connectivity index (χ4n) is 8.32. The molecule has 3 aliphatic carbocycles. The second-order valence-corrected chi connectivity index (χ2v) is 12.3. The zero-order valence-corrected chi connectivity index (χ0v) is 23.0. The Balaban J connectivity index is 1.75. The van der Waals surface area contributed by atoms with E-state index in [9.17, 15) is 29.1 Å². The van der Waals surface area contributed by atoms with Crippen LogP contribution < -0.4 is 0 Å². The first-order valence-electron chi connectivity index (χ1n) is 13.1. The highest BCUT2D eigenvalue weighted by Crippen LogP contribution is 2.67. The summed E-state index contributed by atoms with van der Waals surface area (Å²) in [5.74, 6) is -5.24. The van der Waals surface area contributed by atoms with E-state index in [0.717, 1.165) is 19.6 Å². The molecule has 7 unspecified atom stereocenters. The molecule has 4 aliphatic rings. The molecular formula is C29H34O10. The highest BCUT2D eigenvalue weighted by Gasteiger charge is 2.75. The summed E-state index contributed by atoms with van der Waals surface area (Å²) in [6.07, 6.45) is 1.51. The number of carbonyl (C=O) groups is 5. The van der Waals surface area contributed by atoms with Gasteiger partial charge >= 0.3 is 17.9 Å². The van der Waals surface area contributed by atoms with Gasteiger partial charge in [-0.3, -0.25) is 19.2 Å². The predicted molar refractivity (Wildman–Crippen MR) is 133 cm³/mol. The molecule has 39 heavy (non-hydrogen) atoms. The van der Waals surface area contributed by atoms with E-state index in [2.05, 4.69) is 0 Å². The molecular weight excluding hydrogens is 508 g/mol. The quantitative estimate of drug-likeness (QED) is 0.261. The molecule has 10 heteroatoms. The summed E-state index contributed by atoms with van der Waals surface area (Å²) in [6, 6.07) is 1.74. The average molecular weight is 543 g/mol. The lowest BCUT2D eigenvalue weighted by Gasteiger charge is -2.63. The average Bonchev–Trinajstić information content (AvgIpc) is 3.40. The Morgan fingerprint density at radius 1 is 1.13 bits per heavy atom. The maximum absolute atomic E-state index is 14.2. The highest BCUT2D eigenvalue weighted by molar-refractivity contribution is 6.18. The molecule has 0 spiro atoms. The van der Waals surface area contributed by atoms with E-state index in [1.165, 1.54) is 12.5 Å². The van der Waals surface area contributed by atoms with Gasteiger partial charge in [-0.2, -0.15) is 0 Å². The molecule has 10 nitrogen and oxygen atoms in total. The standard InChI is InChI=1S/C29H34O10/c1-14(30)38-20(23(32)36-6)21-26(2,3)24(33)29(35)12-16-17(28(21,5)25(29)34)7-9-27(4)18(16)11-19(31)39-22(27)15-8-10-37-13-15/h8,10,13,17,20-22,35H,7,9,11-12H2,1-6H3. The molecule has 2 saturated carbocycles. The SMILES string of the molecule is COC(=O)C(OC(C)=O)C1C(C)(C)C(=O)C2(O)CC3=C4CC(=O)OC(c5ccoc5)C4(C)CCC3C1(C)C2=O. The maximum atomic E-state index is 14.2. The zero-order valence-electron chi connectivity index (χ0n) is 23.0. The molecule has 5 rings (SSSR count). The fourth-order valence-corrected chi connectivity index (χ4v) is 8.32. The zero-order chi connectivity index (χ0) is 28.7. The largest absolute Gasteiger partial charge is 0.472 e. The van der Waals surface area contributed by atoms with Crippen molar-refractivity contribution in [2.75, 3.05) is 7.11 Å². The number of carbonyl (C=O) groups excluding carboxylic acids is 5. The summed E-state index contributed by atoms with van der Waals surface area (Å²) in [6.45, 7) is 7.88. The van der Waals surface area contributed by atoms with Gasteiger partial charge in [0.2, 0.25) is 6.10 Å². The van der Waals surface area contributed by atoms with Gasteiger partial charge in [0.25, 0.3) is 0 Å². The molecule has 3 fully saturated rings. The Hall–Kier alpha value is -3.27. The molecule has 2 bridgehead atoms. The smallest absolute Gasteiger partial charge is 0.347 e. The summed E-state index contributed by atoms with van der Waals surface area (Å²) in [4.78, 5) is 66.2. The molecule has 0 radical (unpaired) electrons. The number of ketones is 2. The highest BCUT2D eigenvalue weighted by atomic mass is 16.6. The number of cyclic esters (lactones) is 1. The number of hydrogen-bond donors (Lipinski definition) is 1. The van der Waals surface area contributed by atoms with Gasteiger partial charge in [-0.1, -0.05) is 33.3 Å². The summed E-state index contributed by atoms with van der Waals surface area (Å²) in [5, 5.41) is 11.9. The van der Waals surface area contributed by atoms with Crippen molar-refractivity contribution in [2.24, 2.45) is 28.1 Å². The van der Waals surface area contributed by atoms with Gasteiger partial charge in [0.1, 0.15) is 6.10 Å². The van der Waals surface area contributed by atoms with Gasteiger partial charge in [-0.05, 0) is 30.4 Å². The topological polar surface area (TPSA) is 146 Å². The van der Waals surface area contributed by atoms with Gasteiger partial charge in [0.15, 0.2) is 17.2 Å². The van der Waals surface area contributed by atoms with Crippen LogP contribution in [0.25, 0.3) is 0 Å². The minimum atomic E-state index is -2.37. The van der Waals surface area contributed by atoms with Crippen LogP contribution >= 0.6 is 0 Å². The number of aliphatic hydroxyl groups is 1. The minimum absolute atomic E-state index is 0.0519. The number of esters is 3. The van der Waals surface area contributed by atoms with Crippen LogP contribution in [0.5, 0.6) is 0 Å². The maximum Gasteiger partial charge on any atom is 0.347 e. The van der Waals surface area contributed by atoms with Crippen LogP contribution in [0.4, 0.5) is 0 Å². The first kappa shape index (κ1) is 27.3. The van der Waals surface area contributed by atoms with Gasteiger partial charge in [-0.15, -0.1) is 0 Å². The van der Waals surface area contributed by atoms with E-state index in [1.807, 2.05) is 6.92 Å². The van der Waals surface area contributed by atoms with Crippen molar-refractivity contribution in [2.45, 2.75) is 78.1 Å². The van der Waals surface area contributed by atoms with Crippen LogP contribution in [0, 0.1) is 28.1 Å². The Bertz CT molecular complexity index is 1310. The van der Waals surface area contributed by atoms with Crippen molar-refractivity contribution in [1.29, 1.82) is 0 Å². The van der Waals surface area contributed by atoms with Gasteiger partial charge < -0.3 is 23.7 Å². The summed E-state index contributed by atoms with van der Waals surface area (Å²) < 4.78 is 21.5. The second-order valence-electron chi connectivity index (χ2n) is 12.3. The fraction of sp³-hybridized carbons (Fsp3) is 0.621. The molecule has 7 atom stereocenters. The predicted octanol–water partition coefficient (Wildman–Crippen LogP) is 3.02. The number of ether oxygens (including phenoxy) is 3. The molecule has 1 aromatic rings. The van der Waals surface area contributed by atoms with E-state index >= 15 is 0 Å². The number of furan rings is 1. The molecule has 2 heterocycles. The number of Topliss-reactive ketones (excluding diaryl/α,β-unsaturated/α-hetero) is 2. The van der Waals surface area contributed by atoms with E-state index < -0.39 is 75.4 Å². The van der Waals surface area contributed by atoms with Crippen molar-refractivity contribution in [3.05, 3.63) is 35.3 Å². The van der Waals surface area contributed by atoms with Crippen molar-refractivity contribution in [3.63, 3.8) is 0 Å². The van der Waals surface area contributed by atoms with Crippen LogP contribution in [0.2, 0.25) is 0 Å². The number of rotatable bonds is 4. The van der Waals surface area contributed by atoms with Crippen molar-refractivity contribution in [3.8, 4) is 0 Å². The van der Waals surface area contributed by atoms with E-state index in [4.69, 9.17) is 18.6 Å². The third kappa shape index (κ3) is 3.53. The Morgan fingerprint density at radius 2 is 1.82 bits per heavy atom. The van der Waals surface area contributed by atoms with Crippen molar-refractivity contribution in [1.82, 2.24) is 0 Å². The Morgan fingerprint density at radius 3 is 2.41 bits per heavy atom. The summed E-state index contributed by atoms with van der Waals surface area (Å²) in [7, 11) is 1.14. The molecule has 1 N–H and O–H groups in total. The van der Waals surface area contributed by atoms with Crippen LogP contribution in [0.3, 0.4) is 0 Å². The Kier molecular flexibility index (Phi) is 6.03. The molecule has 1 saturated heterocycles. The van der Waals surface area contributed by atoms with Crippen LogP contribution in [-0.4, -0.2) is 53.4 Å². The van der Waals surface area contributed by atoms with E-state index in [1.54, 1.807) is 26.8 Å². The lowest BCUT2D eigenvalue weighted by atomic mass is 9.39. The van der Waals surface area contributed by atoms with E-state index in [0.29, 0.717) is 24.0 Å². The normalized spacial score (nSPS) is 37.8. The lowest BCUT2D eigenvalue weighted by molar-refractivity contribution is -0.208. The third-order valence-electron chi connectivity index (χ3n) is 9.89. The monoisotopic (exact) mass is 542 g/mol. The van der Waals surface area contributed by atoms with Crippen molar-refractivity contribution >= 4 is 29.5 Å². The molecule has 210 valence electrons. The second kappa shape index (κ2) is 8.61. The molecule has 0 amide bonds. The molecule has 1 aliphatic heterocycles. The summed E-state index contributed by atoms with van der Waals surface area (Å²) >= 11 is 0. The number of methoxy groups -OCH3 is 1. The lowest BCUT2D eigenvalue weighted by Crippen LogP contribution is -2.74.